The van der Waals surface area contributed by atoms with E-state index in [9.17, 15) is 4.79 Å². The summed E-state index contributed by atoms with van der Waals surface area (Å²) in [6.45, 7) is 4.27. The van der Waals surface area contributed by atoms with Gasteiger partial charge >= 0.3 is 0 Å². The molecule has 8 heteroatoms. The fourth-order valence-electron chi connectivity index (χ4n) is 3.88. The van der Waals surface area contributed by atoms with Gasteiger partial charge in [0.25, 0.3) is 0 Å². The van der Waals surface area contributed by atoms with Gasteiger partial charge < -0.3 is 18.8 Å². The van der Waals surface area contributed by atoms with Gasteiger partial charge in [0.1, 0.15) is 0 Å². The lowest BCUT2D eigenvalue weighted by Gasteiger charge is -2.34. The number of piperazine rings is 1. The van der Waals surface area contributed by atoms with Crippen LogP contribution in [0.5, 0.6) is 11.5 Å². The molecule has 8 nitrogen and oxygen atoms in total. The number of aryl methyl sites for hydroxylation is 1. The third kappa shape index (κ3) is 4.54. The quantitative estimate of drug-likeness (QED) is 0.607. The Morgan fingerprint density at radius 1 is 0.935 bits per heavy atom. The Hall–Kier alpha value is -3.39. The van der Waals surface area contributed by atoms with Gasteiger partial charge in [-0.25, -0.2) is 0 Å². The first-order valence-corrected chi connectivity index (χ1v) is 10.5. The van der Waals surface area contributed by atoms with E-state index in [4.69, 9.17) is 13.9 Å². The summed E-state index contributed by atoms with van der Waals surface area (Å²) in [6.07, 6.45) is 0.828. The van der Waals surface area contributed by atoms with Crippen LogP contribution >= 0.6 is 0 Å². The van der Waals surface area contributed by atoms with Crippen molar-refractivity contribution in [2.75, 3.05) is 33.0 Å². The molecule has 3 aromatic rings. The van der Waals surface area contributed by atoms with Crippen molar-refractivity contribution in [1.29, 1.82) is 0 Å². The van der Waals surface area contributed by atoms with Crippen molar-refractivity contribution in [2.24, 2.45) is 0 Å². The second-order valence-corrected chi connectivity index (χ2v) is 7.71. The van der Waals surface area contributed by atoms with Crippen molar-refractivity contribution in [2.45, 2.75) is 19.4 Å². The predicted molar refractivity (Wildman–Crippen MR) is 112 cm³/mol. The highest BCUT2D eigenvalue weighted by Gasteiger charge is 2.22. The first-order chi connectivity index (χ1) is 15.2. The summed E-state index contributed by atoms with van der Waals surface area (Å²) < 4.78 is 16.5. The Morgan fingerprint density at radius 3 is 2.58 bits per heavy atom. The fourth-order valence-corrected chi connectivity index (χ4v) is 3.88. The Morgan fingerprint density at radius 2 is 1.74 bits per heavy atom. The minimum absolute atomic E-state index is 0.127. The molecule has 0 radical (unpaired) electrons. The molecule has 0 spiro atoms. The zero-order chi connectivity index (χ0) is 21.0. The van der Waals surface area contributed by atoms with Crippen LogP contribution in [-0.2, 0) is 17.8 Å². The van der Waals surface area contributed by atoms with Gasteiger partial charge in [0.15, 0.2) is 11.5 Å². The summed E-state index contributed by atoms with van der Waals surface area (Å²) in [5, 5.41) is 8.16. The first kappa shape index (κ1) is 19.6. The normalized spacial score (nSPS) is 15.9. The van der Waals surface area contributed by atoms with Crippen molar-refractivity contribution in [3.63, 3.8) is 0 Å². The van der Waals surface area contributed by atoms with Gasteiger partial charge in [-0.3, -0.25) is 9.69 Å². The fraction of sp³-hybridized carbons (Fsp3) is 0.348. The van der Waals surface area contributed by atoms with Gasteiger partial charge in [0, 0.05) is 51.1 Å². The number of amides is 1. The van der Waals surface area contributed by atoms with Crippen LogP contribution in [0.1, 0.15) is 17.9 Å². The molecule has 0 N–H and O–H groups in total. The number of aromatic nitrogens is 2. The maximum atomic E-state index is 12.6. The van der Waals surface area contributed by atoms with E-state index >= 15 is 0 Å². The van der Waals surface area contributed by atoms with Crippen LogP contribution in [0.15, 0.2) is 52.9 Å². The molecule has 2 aliphatic rings. The molecule has 2 aliphatic heterocycles. The summed E-state index contributed by atoms with van der Waals surface area (Å²) in [6, 6.07) is 15.7. The van der Waals surface area contributed by atoms with Crippen molar-refractivity contribution in [1.82, 2.24) is 20.0 Å². The molecule has 0 unspecified atom stereocenters. The first-order valence-electron chi connectivity index (χ1n) is 10.5. The lowest BCUT2D eigenvalue weighted by Crippen LogP contribution is -2.48. The third-order valence-corrected chi connectivity index (χ3v) is 5.61. The second-order valence-electron chi connectivity index (χ2n) is 7.71. The zero-order valence-corrected chi connectivity index (χ0v) is 17.2. The SMILES string of the molecule is O=C(CCc1nnc(-c2ccccc2)o1)N1CCN(Cc2ccc3c(c2)OCO3)CC1. The summed E-state index contributed by atoms with van der Waals surface area (Å²) in [5.41, 5.74) is 2.07. The third-order valence-electron chi connectivity index (χ3n) is 5.61. The van der Waals surface area contributed by atoms with Crippen LogP contribution in [-0.4, -0.2) is 58.9 Å². The number of carbonyl (C=O) groups excluding carboxylic acids is 1. The minimum Gasteiger partial charge on any atom is -0.454 e. The standard InChI is InChI=1S/C23H24N4O4/c28-22(9-8-21-24-25-23(31-21)18-4-2-1-3-5-18)27-12-10-26(11-13-27)15-17-6-7-19-20(14-17)30-16-29-19/h1-7,14H,8-13,15-16H2. The van der Waals surface area contributed by atoms with Gasteiger partial charge in [-0.2, -0.15) is 0 Å². The number of ether oxygens (including phenoxy) is 2. The topological polar surface area (TPSA) is 80.9 Å². The molecule has 2 aromatic carbocycles. The highest BCUT2D eigenvalue weighted by Crippen LogP contribution is 2.32. The number of fused-ring (bicyclic) bond motifs is 1. The highest BCUT2D eigenvalue weighted by atomic mass is 16.7. The van der Waals surface area contributed by atoms with Crippen LogP contribution in [0.25, 0.3) is 11.5 Å². The number of carbonyl (C=O) groups is 1. The molecule has 160 valence electrons. The van der Waals surface area contributed by atoms with E-state index in [0.717, 1.165) is 49.8 Å². The molecule has 31 heavy (non-hydrogen) atoms. The Balaban J connectivity index is 1.08. The molecule has 1 fully saturated rings. The number of hydrogen-bond donors (Lipinski definition) is 0. The highest BCUT2D eigenvalue weighted by molar-refractivity contribution is 5.76. The molecule has 1 aromatic heterocycles. The van der Waals surface area contributed by atoms with Crippen LogP contribution < -0.4 is 9.47 Å². The zero-order valence-electron chi connectivity index (χ0n) is 17.2. The smallest absolute Gasteiger partial charge is 0.247 e. The summed E-state index contributed by atoms with van der Waals surface area (Å²) in [7, 11) is 0. The average molecular weight is 420 g/mol. The second kappa shape index (κ2) is 8.77. The molecule has 1 amide bonds. The summed E-state index contributed by atoms with van der Waals surface area (Å²) in [5.74, 6) is 2.72. The molecule has 5 rings (SSSR count). The van der Waals surface area contributed by atoms with E-state index < -0.39 is 0 Å². The Labute approximate surface area is 180 Å². The maximum Gasteiger partial charge on any atom is 0.247 e. The van der Waals surface area contributed by atoms with Crippen molar-refractivity contribution in [3.05, 3.63) is 60.0 Å². The van der Waals surface area contributed by atoms with E-state index in [1.54, 1.807) is 0 Å². The number of benzene rings is 2. The molecule has 3 heterocycles. The number of rotatable bonds is 6. The maximum absolute atomic E-state index is 12.6. The van der Waals surface area contributed by atoms with Gasteiger partial charge in [0.05, 0.1) is 0 Å². The van der Waals surface area contributed by atoms with E-state index in [2.05, 4.69) is 21.2 Å². The lowest BCUT2D eigenvalue weighted by atomic mass is 10.1. The van der Waals surface area contributed by atoms with Crippen LogP contribution in [0.2, 0.25) is 0 Å². The van der Waals surface area contributed by atoms with Crippen LogP contribution in [0, 0.1) is 0 Å². The molecule has 0 aliphatic carbocycles. The largest absolute Gasteiger partial charge is 0.454 e. The molecule has 0 atom stereocenters. The average Bonchev–Trinajstić information content (AvgIpc) is 3.48. The van der Waals surface area contributed by atoms with Gasteiger partial charge in [-0.1, -0.05) is 24.3 Å². The van der Waals surface area contributed by atoms with Crippen molar-refractivity contribution < 1.29 is 18.7 Å². The van der Waals surface area contributed by atoms with E-state index in [-0.39, 0.29) is 12.7 Å². The summed E-state index contributed by atoms with van der Waals surface area (Å²) in [4.78, 5) is 16.9. The van der Waals surface area contributed by atoms with E-state index in [1.807, 2.05) is 47.4 Å². The van der Waals surface area contributed by atoms with Crippen molar-refractivity contribution >= 4 is 5.91 Å². The van der Waals surface area contributed by atoms with Crippen LogP contribution in [0.4, 0.5) is 0 Å². The minimum atomic E-state index is 0.127. The predicted octanol–water partition coefficient (Wildman–Crippen LogP) is 2.74. The van der Waals surface area contributed by atoms with Gasteiger partial charge in [-0.15, -0.1) is 10.2 Å². The molecular formula is C23H24N4O4. The summed E-state index contributed by atoms with van der Waals surface area (Å²) >= 11 is 0. The monoisotopic (exact) mass is 420 g/mol. The lowest BCUT2D eigenvalue weighted by molar-refractivity contribution is -0.133. The van der Waals surface area contributed by atoms with Gasteiger partial charge in [0.2, 0.25) is 24.5 Å². The molecular weight excluding hydrogens is 396 g/mol. The van der Waals surface area contributed by atoms with E-state index in [0.29, 0.717) is 24.6 Å². The number of hydrogen-bond acceptors (Lipinski definition) is 7. The van der Waals surface area contributed by atoms with Crippen LogP contribution in [0.3, 0.4) is 0 Å². The molecule has 1 saturated heterocycles. The Bertz CT molecular complexity index is 1040. The Kier molecular flexibility index (Phi) is 5.54. The van der Waals surface area contributed by atoms with Gasteiger partial charge in [-0.05, 0) is 29.8 Å². The molecule has 0 bridgehead atoms. The van der Waals surface area contributed by atoms with E-state index in [1.165, 1.54) is 5.56 Å². The number of nitrogens with zero attached hydrogens (tertiary/aromatic N) is 4. The van der Waals surface area contributed by atoms with Crippen molar-refractivity contribution in [3.8, 4) is 23.0 Å². The molecule has 0 saturated carbocycles.